The molecule has 0 aliphatic rings. The van der Waals surface area contributed by atoms with Crippen molar-refractivity contribution in [3.05, 3.63) is 57.8 Å². The van der Waals surface area contributed by atoms with Gasteiger partial charge in [-0.2, -0.15) is 13.1 Å². The fourth-order valence-corrected chi connectivity index (χ4v) is 3.51. The number of anilines is 1. The van der Waals surface area contributed by atoms with Gasteiger partial charge < -0.3 is 0 Å². The van der Waals surface area contributed by atoms with Crippen LogP contribution in [0.5, 0.6) is 0 Å². The van der Waals surface area contributed by atoms with Gasteiger partial charge in [-0.1, -0.05) is 45.0 Å². The Labute approximate surface area is 157 Å². The van der Waals surface area contributed by atoms with E-state index in [1.165, 1.54) is 5.56 Å². The Morgan fingerprint density at radius 2 is 1.50 bits per heavy atom. The lowest BCUT2D eigenvalue weighted by molar-refractivity contribution is 0.584. The number of aromatic nitrogens is 1. The summed E-state index contributed by atoms with van der Waals surface area (Å²) in [5.74, 6) is 0.376. The second-order valence-corrected chi connectivity index (χ2v) is 9.29. The number of benzene rings is 1. The van der Waals surface area contributed by atoms with Crippen molar-refractivity contribution in [1.29, 1.82) is 0 Å². The minimum atomic E-state index is -3.70. The Hall–Kier alpha value is -1.92. The lowest BCUT2D eigenvalue weighted by atomic mass is 9.87. The highest BCUT2D eigenvalue weighted by atomic mass is 32.2. The second kappa shape index (κ2) is 7.37. The fourth-order valence-electron chi connectivity index (χ4n) is 2.63. The molecule has 0 radical (unpaired) electrons. The molecule has 26 heavy (non-hydrogen) atoms. The van der Waals surface area contributed by atoms with Crippen LogP contribution in [0.3, 0.4) is 0 Å². The zero-order valence-corrected chi connectivity index (χ0v) is 17.5. The van der Waals surface area contributed by atoms with E-state index in [0.29, 0.717) is 5.82 Å². The Morgan fingerprint density at radius 3 is 2.04 bits per heavy atom. The first-order valence-electron chi connectivity index (χ1n) is 8.72. The van der Waals surface area contributed by atoms with Crippen LogP contribution in [0.4, 0.5) is 5.82 Å². The van der Waals surface area contributed by atoms with Crippen LogP contribution < -0.4 is 9.44 Å². The summed E-state index contributed by atoms with van der Waals surface area (Å²) in [7, 11) is -3.70. The topological polar surface area (TPSA) is 71.1 Å². The number of nitrogens with zero attached hydrogens (tertiary/aromatic N) is 1. The monoisotopic (exact) mass is 375 g/mol. The molecule has 1 heterocycles. The number of hydrogen-bond donors (Lipinski definition) is 2. The predicted molar refractivity (Wildman–Crippen MR) is 108 cm³/mol. The van der Waals surface area contributed by atoms with Crippen LogP contribution in [0.1, 0.15) is 54.3 Å². The fraction of sp³-hybridized carbons (Fsp3) is 0.450. The van der Waals surface area contributed by atoms with Gasteiger partial charge in [0.05, 0.1) is 0 Å². The maximum absolute atomic E-state index is 12.4. The van der Waals surface area contributed by atoms with Gasteiger partial charge in [0.25, 0.3) is 0 Å². The first-order valence-corrected chi connectivity index (χ1v) is 10.2. The minimum absolute atomic E-state index is 0.0734. The third-order valence-electron chi connectivity index (χ3n) is 4.82. The molecule has 0 aliphatic heterocycles. The molecule has 0 aliphatic carbocycles. The van der Waals surface area contributed by atoms with Crippen molar-refractivity contribution in [3.63, 3.8) is 0 Å². The molecule has 142 valence electrons. The van der Waals surface area contributed by atoms with Gasteiger partial charge >= 0.3 is 10.2 Å². The molecule has 0 bridgehead atoms. The quantitative estimate of drug-likeness (QED) is 0.828. The summed E-state index contributed by atoms with van der Waals surface area (Å²) in [5, 5.41) is 0. The Morgan fingerprint density at radius 1 is 0.923 bits per heavy atom. The van der Waals surface area contributed by atoms with Gasteiger partial charge in [-0.25, -0.2) is 4.98 Å². The van der Waals surface area contributed by atoms with Crippen LogP contribution in [-0.2, 0) is 22.2 Å². The van der Waals surface area contributed by atoms with Gasteiger partial charge in [-0.05, 0) is 60.9 Å². The molecule has 5 nitrogen and oxygen atoms in total. The average Bonchev–Trinajstić information content (AvgIpc) is 2.55. The molecule has 6 heteroatoms. The van der Waals surface area contributed by atoms with Gasteiger partial charge in [0.2, 0.25) is 0 Å². The minimum Gasteiger partial charge on any atom is -0.254 e. The molecule has 0 unspecified atom stereocenters. The number of aryl methyl sites for hydroxylation is 1. The first-order chi connectivity index (χ1) is 11.9. The zero-order valence-electron chi connectivity index (χ0n) is 16.7. The van der Waals surface area contributed by atoms with Crippen LogP contribution in [0.15, 0.2) is 24.3 Å². The summed E-state index contributed by atoms with van der Waals surface area (Å²) >= 11 is 0. The lowest BCUT2D eigenvalue weighted by Crippen LogP contribution is -2.30. The summed E-state index contributed by atoms with van der Waals surface area (Å²) in [6.07, 6.45) is 0. The smallest absolute Gasteiger partial charge is 0.254 e. The van der Waals surface area contributed by atoms with Crippen molar-refractivity contribution >= 4 is 16.0 Å². The van der Waals surface area contributed by atoms with Crippen LogP contribution in [0.25, 0.3) is 0 Å². The molecule has 2 N–H and O–H groups in total. The van der Waals surface area contributed by atoms with Gasteiger partial charge in [-0.15, -0.1) is 0 Å². The highest BCUT2D eigenvalue weighted by Crippen LogP contribution is 2.23. The van der Waals surface area contributed by atoms with Crippen LogP contribution >= 0.6 is 0 Å². The molecule has 0 atom stereocenters. The summed E-state index contributed by atoms with van der Waals surface area (Å²) in [6.45, 7) is 14.4. The molecular formula is C20H29N3O2S. The number of hydrogen-bond acceptors (Lipinski definition) is 3. The molecule has 1 aromatic carbocycles. The molecule has 0 spiro atoms. The highest BCUT2D eigenvalue weighted by Gasteiger charge is 2.16. The van der Waals surface area contributed by atoms with E-state index in [0.717, 1.165) is 27.9 Å². The standard InChI is InChI=1S/C20H29N3O2S/c1-13-14(2)16(4)22-19(15(13)3)23-26(24,25)21-12-17-8-10-18(11-9-17)20(5,6)7/h8-11,21H,12H2,1-7H3,(H,22,23). The van der Waals surface area contributed by atoms with E-state index in [9.17, 15) is 8.42 Å². The van der Waals surface area contributed by atoms with Crippen molar-refractivity contribution < 1.29 is 8.42 Å². The van der Waals surface area contributed by atoms with E-state index in [1.54, 1.807) is 0 Å². The van der Waals surface area contributed by atoms with Crippen molar-refractivity contribution in [3.8, 4) is 0 Å². The van der Waals surface area contributed by atoms with Crippen molar-refractivity contribution in [2.24, 2.45) is 0 Å². The van der Waals surface area contributed by atoms with Crippen LogP contribution in [0.2, 0.25) is 0 Å². The highest BCUT2D eigenvalue weighted by molar-refractivity contribution is 7.90. The van der Waals surface area contributed by atoms with E-state index in [4.69, 9.17) is 0 Å². The Balaban J connectivity index is 2.10. The molecule has 0 amide bonds. The Kier molecular flexibility index (Phi) is 5.78. The summed E-state index contributed by atoms with van der Waals surface area (Å²) in [6, 6.07) is 7.98. The zero-order chi connectivity index (χ0) is 19.7. The maximum atomic E-state index is 12.4. The van der Waals surface area contributed by atoms with E-state index in [1.807, 2.05) is 52.0 Å². The number of pyridine rings is 1. The molecule has 1 aromatic heterocycles. The first kappa shape index (κ1) is 20.4. The second-order valence-electron chi connectivity index (χ2n) is 7.79. The third kappa shape index (κ3) is 4.83. The van der Waals surface area contributed by atoms with Crippen LogP contribution in [-0.4, -0.2) is 13.4 Å². The summed E-state index contributed by atoms with van der Waals surface area (Å²) in [4.78, 5) is 4.38. The van der Waals surface area contributed by atoms with E-state index < -0.39 is 10.2 Å². The molecular weight excluding hydrogens is 346 g/mol. The predicted octanol–water partition coefficient (Wildman–Crippen LogP) is 4.06. The van der Waals surface area contributed by atoms with E-state index in [-0.39, 0.29) is 12.0 Å². The van der Waals surface area contributed by atoms with Crippen molar-refractivity contribution in [2.75, 3.05) is 4.72 Å². The number of rotatable bonds is 5. The van der Waals surface area contributed by atoms with Gasteiger partial charge in [0.1, 0.15) is 5.82 Å². The lowest BCUT2D eigenvalue weighted by Gasteiger charge is -2.19. The number of nitrogens with one attached hydrogen (secondary N) is 2. The molecule has 0 fully saturated rings. The largest absolute Gasteiger partial charge is 0.300 e. The molecule has 2 rings (SSSR count). The van der Waals surface area contributed by atoms with Gasteiger partial charge in [0, 0.05) is 12.2 Å². The third-order valence-corrected chi connectivity index (χ3v) is 5.81. The Bertz CT molecular complexity index is 896. The molecule has 0 saturated heterocycles. The van der Waals surface area contributed by atoms with Crippen molar-refractivity contribution in [1.82, 2.24) is 9.71 Å². The van der Waals surface area contributed by atoms with E-state index in [2.05, 4.69) is 35.2 Å². The average molecular weight is 376 g/mol. The van der Waals surface area contributed by atoms with Gasteiger partial charge in [0.15, 0.2) is 0 Å². The molecule has 2 aromatic rings. The SMILES string of the molecule is Cc1nc(NS(=O)(=O)NCc2ccc(C(C)(C)C)cc2)c(C)c(C)c1C. The van der Waals surface area contributed by atoms with Crippen molar-refractivity contribution in [2.45, 2.75) is 60.4 Å². The maximum Gasteiger partial charge on any atom is 0.300 e. The van der Waals surface area contributed by atoms with E-state index >= 15 is 0 Å². The van der Waals surface area contributed by atoms with Gasteiger partial charge in [-0.3, -0.25) is 4.72 Å². The summed E-state index contributed by atoms with van der Waals surface area (Å²) in [5.41, 5.74) is 5.99. The van der Waals surface area contributed by atoms with Crippen LogP contribution in [0, 0.1) is 27.7 Å². The summed E-state index contributed by atoms with van der Waals surface area (Å²) < 4.78 is 29.9. The molecule has 0 saturated carbocycles. The normalized spacial score (nSPS) is 12.3.